The van der Waals surface area contributed by atoms with Crippen LogP contribution in [0.2, 0.25) is 0 Å². The Balaban J connectivity index is 2.00. The highest BCUT2D eigenvalue weighted by atomic mass is 16.5. The second-order valence-corrected chi connectivity index (χ2v) is 6.41. The van der Waals surface area contributed by atoms with Crippen molar-refractivity contribution in [2.24, 2.45) is 0 Å². The summed E-state index contributed by atoms with van der Waals surface area (Å²) in [6.07, 6.45) is 4.85. The van der Waals surface area contributed by atoms with Gasteiger partial charge in [-0.3, -0.25) is 0 Å². The van der Waals surface area contributed by atoms with Crippen LogP contribution in [-0.2, 0) is 22.3 Å². The fourth-order valence-electron chi connectivity index (χ4n) is 3.62. The van der Waals surface area contributed by atoms with Crippen LogP contribution in [0.5, 0.6) is 0 Å². The van der Waals surface area contributed by atoms with Crippen LogP contribution in [0.3, 0.4) is 0 Å². The third-order valence-corrected chi connectivity index (χ3v) is 4.78. The maximum absolute atomic E-state index is 11.8. The monoisotopic (exact) mass is 334 g/mol. The van der Waals surface area contributed by atoms with Crippen LogP contribution in [-0.4, -0.2) is 47.6 Å². The summed E-state index contributed by atoms with van der Waals surface area (Å²) < 4.78 is 11.3. The first-order chi connectivity index (χ1) is 11.6. The molecule has 1 aromatic carbocycles. The number of carboxylic acids is 2. The maximum atomic E-state index is 11.8. The first-order valence-corrected chi connectivity index (χ1v) is 8.41. The van der Waals surface area contributed by atoms with Crippen molar-refractivity contribution >= 4 is 11.9 Å². The molecule has 2 heterocycles. The normalized spacial score (nSPS) is 23.5. The molecule has 0 radical (unpaired) electrons. The minimum absolute atomic E-state index is 0.0459. The highest BCUT2D eigenvalue weighted by Crippen LogP contribution is 2.28. The number of hydrogen-bond donors (Lipinski definition) is 2. The molecule has 0 aromatic heterocycles. The number of benzene rings is 1. The van der Waals surface area contributed by atoms with E-state index in [2.05, 4.69) is 0 Å². The maximum Gasteiger partial charge on any atom is 0.336 e. The molecule has 6 heteroatoms. The molecule has 6 nitrogen and oxygen atoms in total. The molecule has 0 spiro atoms. The third kappa shape index (κ3) is 3.60. The van der Waals surface area contributed by atoms with Gasteiger partial charge in [0.2, 0.25) is 0 Å². The highest BCUT2D eigenvalue weighted by molar-refractivity contribution is 6.03. The van der Waals surface area contributed by atoms with Gasteiger partial charge < -0.3 is 19.7 Å². The summed E-state index contributed by atoms with van der Waals surface area (Å²) >= 11 is 0. The zero-order valence-electron chi connectivity index (χ0n) is 13.5. The van der Waals surface area contributed by atoms with Crippen LogP contribution in [0, 0.1) is 0 Å². The largest absolute Gasteiger partial charge is 0.478 e. The fraction of sp³-hybridized carbons (Fsp3) is 0.556. The Kier molecular flexibility index (Phi) is 5.16. The van der Waals surface area contributed by atoms with Gasteiger partial charge >= 0.3 is 11.9 Å². The molecule has 1 aromatic rings. The number of carbonyl (C=O) groups is 2. The Morgan fingerprint density at radius 3 is 2.08 bits per heavy atom. The van der Waals surface area contributed by atoms with Gasteiger partial charge in [0.25, 0.3) is 0 Å². The molecule has 0 amide bonds. The zero-order chi connectivity index (χ0) is 17.1. The number of ether oxygens (including phenoxy) is 2. The summed E-state index contributed by atoms with van der Waals surface area (Å²) in [6.45, 7) is 1.40. The van der Waals surface area contributed by atoms with Gasteiger partial charge in [0.05, 0.1) is 23.3 Å². The summed E-state index contributed by atoms with van der Waals surface area (Å²) in [5.41, 5.74) is 1.18. The fourth-order valence-corrected chi connectivity index (χ4v) is 3.62. The standard InChI is InChI=1S/C18H22O6/c19-17(20)14-6-5-11(9-12-3-1-7-23-12)15(16(14)18(21)22)10-13-4-2-8-24-13/h5-6,12-13H,1-4,7-10H2,(H,19,20)(H,21,22). The molecule has 0 aliphatic carbocycles. The number of hydrogen-bond acceptors (Lipinski definition) is 4. The van der Waals surface area contributed by atoms with Gasteiger partial charge in [-0.25, -0.2) is 9.59 Å². The molecular weight excluding hydrogens is 312 g/mol. The second-order valence-electron chi connectivity index (χ2n) is 6.41. The molecule has 24 heavy (non-hydrogen) atoms. The Hall–Kier alpha value is -1.92. The van der Waals surface area contributed by atoms with Crippen molar-refractivity contribution in [3.05, 3.63) is 34.4 Å². The van der Waals surface area contributed by atoms with E-state index in [-0.39, 0.29) is 23.3 Å². The zero-order valence-corrected chi connectivity index (χ0v) is 13.5. The first kappa shape index (κ1) is 16.9. The summed E-state index contributed by atoms with van der Waals surface area (Å²) in [7, 11) is 0. The number of carboxylic acid groups (broad SMARTS) is 2. The molecule has 3 rings (SSSR count). The molecular formula is C18H22O6. The van der Waals surface area contributed by atoms with Crippen molar-refractivity contribution in [2.45, 2.75) is 50.7 Å². The molecule has 2 fully saturated rings. The Labute approximate surface area is 140 Å². The highest BCUT2D eigenvalue weighted by Gasteiger charge is 2.28. The van der Waals surface area contributed by atoms with Gasteiger partial charge in [-0.1, -0.05) is 6.07 Å². The lowest BCUT2D eigenvalue weighted by Crippen LogP contribution is -2.20. The first-order valence-electron chi connectivity index (χ1n) is 8.41. The van der Waals surface area contributed by atoms with E-state index in [0.717, 1.165) is 37.9 Å². The smallest absolute Gasteiger partial charge is 0.336 e. The van der Waals surface area contributed by atoms with Crippen LogP contribution in [0.4, 0.5) is 0 Å². The molecule has 2 aliphatic heterocycles. The quantitative estimate of drug-likeness (QED) is 0.830. The van der Waals surface area contributed by atoms with Gasteiger partial charge in [0, 0.05) is 13.2 Å². The minimum atomic E-state index is -1.22. The van der Waals surface area contributed by atoms with E-state index in [1.165, 1.54) is 6.07 Å². The average molecular weight is 334 g/mol. The van der Waals surface area contributed by atoms with Gasteiger partial charge in [0.1, 0.15) is 0 Å². The summed E-state index contributed by atoms with van der Waals surface area (Å²) in [5, 5.41) is 19.0. The van der Waals surface area contributed by atoms with Gasteiger partial charge in [-0.05, 0) is 55.7 Å². The number of rotatable bonds is 6. The lowest BCUT2D eigenvalue weighted by Gasteiger charge is -2.19. The van der Waals surface area contributed by atoms with Crippen molar-refractivity contribution in [1.29, 1.82) is 0 Å². The summed E-state index contributed by atoms with van der Waals surface area (Å²) in [4.78, 5) is 23.2. The van der Waals surface area contributed by atoms with Crippen molar-refractivity contribution in [3.8, 4) is 0 Å². The van der Waals surface area contributed by atoms with E-state index in [0.29, 0.717) is 25.0 Å². The van der Waals surface area contributed by atoms with Crippen LogP contribution in [0.15, 0.2) is 12.1 Å². The minimum Gasteiger partial charge on any atom is -0.478 e. The van der Waals surface area contributed by atoms with Crippen LogP contribution in [0.25, 0.3) is 0 Å². The van der Waals surface area contributed by atoms with Crippen LogP contribution >= 0.6 is 0 Å². The van der Waals surface area contributed by atoms with Gasteiger partial charge in [-0.15, -0.1) is 0 Å². The molecule has 0 saturated carbocycles. The van der Waals surface area contributed by atoms with E-state index < -0.39 is 11.9 Å². The lowest BCUT2D eigenvalue weighted by molar-refractivity contribution is 0.0647. The average Bonchev–Trinajstić information content (AvgIpc) is 3.21. The second kappa shape index (κ2) is 7.32. The van der Waals surface area contributed by atoms with E-state index >= 15 is 0 Å². The lowest BCUT2D eigenvalue weighted by atomic mass is 9.88. The van der Waals surface area contributed by atoms with Gasteiger partial charge in [-0.2, -0.15) is 0 Å². The van der Waals surface area contributed by atoms with E-state index in [4.69, 9.17) is 9.47 Å². The molecule has 130 valence electrons. The van der Waals surface area contributed by atoms with Crippen molar-refractivity contribution in [3.63, 3.8) is 0 Å². The van der Waals surface area contributed by atoms with Crippen molar-refractivity contribution in [2.75, 3.05) is 13.2 Å². The Morgan fingerprint density at radius 2 is 1.58 bits per heavy atom. The third-order valence-electron chi connectivity index (χ3n) is 4.78. The van der Waals surface area contributed by atoms with E-state index in [1.807, 2.05) is 0 Å². The SMILES string of the molecule is O=C(O)c1ccc(CC2CCCO2)c(CC2CCCO2)c1C(=O)O. The predicted octanol–water partition coefficient (Wildman–Crippen LogP) is 2.53. The van der Waals surface area contributed by atoms with Crippen LogP contribution < -0.4 is 0 Å². The van der Waals surface area contributed by atoms with E-state index in [1.54, 1.807) is 6.07 Å². The van der Waals surface area contributed by atoms with Gasteiger partial charge in [0.15, 0.2) is 0 Å². The van der Waals surface area contributed by atoms with E-state index in [9.17, 15) is 19.8 Å². The predicted molar refractivity (Wildman–Crippen MR) is 85.7 cm³/mol. The molecule has 2 saturated heterocycles. The Bertz CT molecular complexity index is 627. The molecule has 2 N–H and O–H groups in total. The molecule has 2 aliphatic rings. The van der Waals surface area contributed by atoms with Crippen LogP contribution in [0.1, 0.15) is 57.5 Å². The summed E-state index contributed by atoms with van der Waals surface area (Å²) in [6, 6.07) is 3.14. The topological polar surface area (TPSA) is 93.1 Å². The number of aromatic carboxylic acids is 2. The molecule has 2 unspecified atom stereocenters. The molecule has 2 atom stereocenters. The van der Waals surface area contributed by atoms with Crippen molar-refractivity contribution < 1.29 is 29.3 Å². The summed E-state index contributed by atoms with van der Waals surface area (Å²) in [5.74, 6) is -2.42. The molecule has 0 bridgehead atoms. The Morgan fingerprint density at radius 1 is 0.958 bits per heavy atom. The van der Waals surface area contributed by atoms with Crippen molar-refractivity contribution in [1.82, 2.24) is 0 Å².